The fraction of sp³-hybridized carbons (Fsp3) is 0.238. The van der Waals surface area contributed by atoms with Gasteiger partial charge in [0.25, 0.3) is 10.0 Å². The Morgan fingerprint density at radius 3 is 2.28 bits per heavy atom. The summed E-state index contributed by atoms with van der Waals surface area (Å²) in [5.74, 6) is 0.0269. The van der Waals surface area contributed by atoms with Crippen LogP contribution in [0, 0.1) is 6.92 Å². The minimum absolute atomic E-state index is 0.00180. The molecule has 0 unspecified atom stereocenters. The topological polar surface area (TPSA) is 89.3 Å². The van der Waals surface area contributed by atoms with E-state index in [1.165, 1.54) is 12.1 Å². The van der Waals surface area contributed by atoms with Gasteiger partial charge in [-0.3, -0.25) is 4.79 Å². The van der Waals surface area contributed by atoms with Crippen molar-refractivity contribution >= 4 is 28.6 Å². The van der Waals surface area contributed by atoms with Crippen molar-refractivity contribution in [1.29, 1.82) is 0 Å². The Bertz CT molecular complexity index is 1110. The number of sulfonamides is 1. The number of carbonyl (C=O) groups excluding carboxylic acids is 1. The van der Waals surface area contributed by atoms with Gasteiger partial charge < -0.3 is 4.52 Å². The monoisotopic (exact) mass is 430 g/mol. The fourth-order valence-electron chi connectivity index (χ4n) is 2.94. The van der Waals surface area contributed by atoms with E-state index in [2.05, 4.69) is 22.5 Å². The SMILES string of the molecule is Cc1onc(-c2ccccc2)c1-c1ccc(S(=O)(=O)NC(=O)CC(C)(C)S)cc1. The first kappa shape index (κ1) is 21.1. The molecule has 3 aromatic rings. The van der Waals surface area contributed by atoms with Crippen molar-refractivity contribution in [2.45, 2.75) is 36.8 Å². The Morgan fingerprint density at radius 1 is 1.07 bits per heavy atom. The zero-order valence-corrected chi connectivity index (χ0v) is 18.0. The standard InChI is InChI=1S/C21H22N2O4S2/c1-14-19(20(22-27-14)16-7-5-4-6-8-16)15-9-11-17(12-10-15)29(25,26)23-18(24)13-21(2,3)28/h4-12,28H,13H2,1-3H3,(H,23,24). The van der Waals surface area contributed by atoms with Gasteiger partial charge in [0, 0.05) is 16.7 Å². The predicted molar refractivity (Wildman–Crippen MR) is 115 cm³/mol. The highest BCUT2D eigenvalue weighted by molar-refractivity contribution is 7.90. The molecule has 8 heteroatoms. The minimum Gasteiger partial charge on any atom is -0.360 e. The first-order chi connectivity index (χ1) is 13.6. The van der Waals surface area contributed by atoms with E-state index >= 15 is 0 Å². The Morgan fingerprint density at radius 2 is 1.69 bits per heavy atom. The van der Waals surface area contributed by atoms with Crippen LogP contribution in [0.5, 0.6) is 0 Å². The number of nitrogens with one attached hydrogen (secondary N) is 1. The molecule has 0 fully saturated rings. The molecule has 29 heavy (non-hydrogen) atoms. The molecule has 0 atom stereocenters. The fourth-order valence-corrected chi connectivity index (χ4v) is 4.07. The lowest BCUT2D eigenvalue weighted by Gasteiger charge is -2.16. The smallest absolute Gasteiger partial charge is 0.264 e. The maximum atomic E-state index is 12.5. The Kier molecular flexibility index (Phi) is 5.86. The van der Waals surface area contributed by atoms with Crippen LogP contribution in [0.1, 0.15) is 26.0 Å². The summed E-state index contributed by atoms with van der Waals surface area (Å²) in [6.45, 7) is 5.28. The zero-order valence-electron chi connectivity index (χ0n) is 16.3. The van der Waals surface area contributed by atoms with Crippen LogP contribution >= 0.6 is 12.6 Å². The summed E-state index contributed by atoms with van der Waals surface area (Å²) in [7, 11) is -3.96. The van der Waals surface area contributed by atoms with Crippen molar-refractivity contribution in [2.24, 2.45) is 0 Å². The van der Waals surface area contributed by atoms with Crippen molar-refractivity contribution in [1.82, 2.24) is 9.88 Å². The lowest BCUT2D eigenvalue weighted by molar-refractivity contribution is -0.119. The van der Waals surface area contributed by atoms with E-state index in [4.69, 9.17) is 4.52 Å². The second-order valence-corrected chi connectivity index (χ2v) is 10.3. The lowest BCUT2D eigenvalue weighted by atomic mass is 10.00. The van der Waals surface area contributed by atoms with Gasteiger partial charge in [0.15, 0.2) is 0 Å². The molecule has 1 N–H and O–H groups in total. The van der Waals surface area contributed by atoms with E-state index in [0.717, 1.165) is 16.7 Å². The van der Waals surface area contributed by atoms with Crippen LogP contribution in [0.4, 0.5) is 0 Å². The molecular formula is C21H22N2O4S2. The number of carbonyl (C=O) groups is 1. The van der Waals surface area contributed by atoms with Crippen LogP contribution in [-0.2, 0) is 14.8 Å². The summed E-state index contributed by atoms with van der Waals surface area (Å²) >= 11 is 4.26. The van der Waals surface area contributed by atoms with Crippen LogP contribution in [0.25, 0.3) is 22.4 Å². The number of rotatable bonds is 6. The summed E-state index contributed by atoms with van der Waals surface area (Å²) in [6, 6.07) is 15.9. The van der Waals surface area contributed by atoms with Gasteiger partial charge in [-0.15, -0.1) is 0 Å². The van der Waals surface area contributed by atoms with Crippen molar-refractivity contribution < 1.29 is 17.7 Å². The van der Waals surface area contributed by atoms with Gasteiger partial charge in [-0.25, -0.2) is 13.1 Å². The molecule has 6 nitrogen and oxygen atoms in total. The average molecular weight is 431 g/mol. The lowest BCUT2D eigenvalue weighted by Crippen LogP contribution is -2.34. The summed E-state index contributed by atoms with van der Waals surface area (Å²) in [5.41, 5.74) is 3.14. The van der Waals surface area contributed by atoms with Gasteiger partial charge >= 0.3 is 0 Å². The van der Waals surface area contributed by atoms with Crippen LogP contribution in [0.3, 0.4) is 0 Å². The number of hydrogen-bond acceptors (Lipinski definition) is 6. The molecule has 152 valence electrons. The first-order valence-electron chi connectivity index (χ1n) is 8.97. The largest absolute Gasteiger partial charge is 0.360 e. The van der Waals surface area contributed by atoms with Crippen LogP contribution in [0.2, 0.25) is 0 Å². The highest BCUT2D eigenvalue weighted by Crippen LogP contribution is 2.34. The van der Waals surface area contributed by atoms with Gasteiger partial charge in [-0.1, -0.05) is 61.5 Å². The molecular weight excluding hydrogens is 408 g/mol. The number of benzene rings is 2. The molecule has 1 aromatic heterocycles. The second-order valence-electron chi connectivity index (χ2n) is 7.37. The number of nitrogens with zero attached hydrogens (tertiary/aromatic N) is 1. The molecule has 1 amide bonds. The van der Waals surface area contributed by atoms with Crippen LogP contribution < -0.4 is 4.72 Å². The van der Waals surface area contributed by atoms with Crippen LogP contribution in [0.15, 0.2) is 64.0 Å². The third-order valence-electron chi connectivity index (χ3n) is 4.20. The average Bonchev–Trinajstić information content (AvgIpc) is 3.02. The maximum absolute atomic E-state index is 12.5. The van der Waals surface area contributed by atoms with E-state index in [-0.39, 0.29) is 11.3 Å². The van der Waals surface area contributed by atoms with Gasteiger partial charge in [0.05, 0.1) is 10.5 Å². The number of amides is 1. The molecule has 0 bridgehead atoms. The van der Waals surface area contributed by atoms with Crippen LogP contribution in [-0.4, -0.2) is 24.2 Å². The summed E-state index contributed by atoms with van der Waals surface area (Å²) in [4.78, 5) is 12.0. The van der Waals surface area contributed by atoms with Crippen molar-refractivity contribution in [2.75, 3.05) is 0 Å². The summed E-state index contributed by atoms with van der Waals surface area (Å²) in [6.07, 6.45) is -0.0201. The van der Waals surface area contributed by atoms with Gasteiger partial charge in [0.1, 0.15) is 11.5 Å². The molecule has 0 saturated heterocycles. The minimum atomic E-state index is -3.96. The van der Waals surface area contributed by atoms with Crippen molar-refractivity contribution in [3.05, 3.63) is 60.4 Å². The second kappa shape index (κ2) is 8.04. The maximum Gasteiger partial charge on any atom is 0.264 e. The molecule has 0 radical (unpaired) electrons. The van der Waals surface area contributed by atoms with E-state index in [9.17, 15) is 13.2 Å². The zero-order chi connectivity index (χ0) is 21.2. The Balaban J connectivity index is 1.88. The molecule has 0 aliphatic carbocycles. The van der Waals surface area contributed by atoms with Crippen molar-refractivity contribution in [3.8, 4) is 22.4 Å². The predicted octanol–water partition coefficient (Wildman–Crippen LogP) is 4.22. The van der Waals surface area contributed by atoms with Gasteiger partial charge in [-0.05, 0) is 24.6 Å². The van der Waals surface area contributed by atoms with Crippen molar-refractivity contribution in [3.63, 3.8) is 0 Å². The molecule has 0 saturated carbocycles. The summed E-state index contributed by atoms with van der Waals surface area (Å²) < 4.78 is 31.8. The molecule has 3 rings (SSSR count). The third kappa shape index (κ3) is 5.07. The van der Waals surface area contributed by atoms with E-state index < -0.39 is 20.7 Å². The normalized spacial score (nSPS) is 12.0. The number of thiol groups is 1. The molecule has 2 aromatic carbocycles. The highest BCUT2D eigenvalue weighted by Gasteiger charge is 2.23. The number of aryl methyl sites for hydroxylation is 1. The van der Waals surface area contributed by atoms with Gasteiger partial charge in [-0.2, -0.15) is 12.6 Å². The first-order valence-corrected chi connectivity index (χ1v) is 10.9. The highest BCUT2D eigenvalue weighted by atomic mass is 32.2. The third-order valence-corrected chi connectivity index (χ3v) is 5.75. The molecule has 0 aliphatic rings. The molecule has 0 aliphatic heterocycles. The Hall–Kier alpha value is -2.58. The molecule has 0 spiro atoms. The Labute approximate surface area is 175 Å². The summed E-state index contributed by atoms with van der Waals surface area (Å²) in [5, 5.41) is 4.15. The molecule has 1 heterocycles. The van der Waals surface area contributed by atoms with Gasteiger partial charge in [0.2, 0.25) is 5.91 Å². The van der Waals surface area contributed by atoms with E-state index in [0.29, 0.717) is 11.5 Å². The van der Waals surface area contributed by atoms with E-state index in [1.54, 1.807) is 32.9 Å². The number of aromatic nitrogens is 1. The van der Waals surface area contributed by atoms with E-state index in [1.807, 2.05) is 30.3 Å². The quantitative estimate of drug-likeness (QED) is 0.572. The number of hydrogen-bond donors (Lipinski definition) is 2.